The van der Waals surface area contributed by atoms with E-state index in [4.69, 9.17) is 0 Å². The Labute approximate surface area is 201 Å². The lowest BCUT2D eigenvalue weighted by atomic mass is 9.89. The number of hydrogen-bond donors (Lipinski definition) is 2. The number of carbonyl (C=O) groups excluding carboxylic acids is 1. The van der Waals surface area contributed by atoms with Crippen LogP contribution in [0.3, 0.4) is 0 Å². The molecular formula is C29H33NO4. The van der Waals surface area contributed by atoms with Gasteiger partial charge in [0.25, 0.3) is 0 Å². The molecule has 0 spiro atoms. The van der Waals surface area contributed by atoms with Gasteiger partial charge in [-0.15, -0.1) is 0 Å². The first-order valence-electron chi connectivity index (χ1n) is 12.3. The number of nitrogens with zero attached hydrogens (tertiary/aromatic N) is 1. The number of allylic oxidation sites excluding steroid dienone is 1. The number of phenols is 1. The Kier molecular flexibility index (Phi) is 7.84. The molecule has 34 heavy (non-hydrogen) atoms. The van der Waals surface area contributed by atoms with Gasteiger partial charge in [-0.3, -0.25) is 9.59 Å². The highest BCUT2D eigenvalue weighted by molar-refractivity contribution is 5.92. The molecule has 1 saturated heterocycles. The second-order valence-electron chi connectivity index (χ2n) is 9.36. The summed E-state index contributed by atoms with van der Waals surface area (Å²) in [6.07, 6.45) is 11.8. The summed E-state index contributed by atoms with van der Waals surface area (Å²) >= 11 is 0. The first-order valence-corrected chi connectivity index (χ1v) is 12.3. The molecule has 5 nitrogen and oxygen atoms in total. The van der Waals surface area contributed by atoms with Crippen molar-refractivity contribution in [2.24, 2.45) is 5.92 Å². The zero-order valence-corrected chi connectivity index (χ0v) is 19.6. The number of aliphatic carboxylic acids is 1. The van der Waals surface area contributed by atoms with Crippen LogP contribution in [0.25, 0.3) is 11.6 Å². The summed E-state index contributed by atoms with van der Waals surface area (Å²) in [5.74, 6) is -1.17. The van der Waals surface area contributed by atoms with Crippen LogP contribution in [0.5, 0.6) is 5.75 Å². The average Bonchev–Trinajstić information content (AvgIpc) is 3.14. The number of phenolic OH excluding ortho intramolecular Hbond substituents is 1. The van der Waals surface area contributed by atoms with Gasteiger partial charge in [-0.25, -0.2) is 0 Å². The summed E-state index contributed by atoms with van der Waals surface area (Å²) in [7, 11) is 0. The van der Waals surface area contributed by atoms with Crippen molar-refractivity contribution in [1.29, 1.82) is 0 Å². The van der Waals surface area contributed by atoms with E-state index in [1.54, 1.807) is 29.2 Å². The number of piperidine rings is 1. The molecule has 1 amide bonds. The second kappa shape index (κ2) is 11.2. The Morgan fingerprint density at radius 2 is 1.47 bits per heavy atom. The first kappa shape index (κ1) is 23.8. The quantitative estimate of drug-likeness (QED) is 0.432. The van der Waals surface area contributed by atoms with E-state index >= 15 is 0 Å². The molecule has 2 aromatic carbocycles. The molecule has 5 heteroatoms. The van der Waals surface area contributed by atoms with Crippen LogP contribution in [0, 0.1) is 5.92 Å². The molecular weight excluding hydrogens is 426 g/mol. The zero-order valence-electron chi connectivity index (χ0n) is 19.6. The van der Waals surface area contributed by atoms with Crippen molar-refractivity contribution in [3.8, 4) is 5.75 Å². The summed E-state index contributed by atoms with van der Waals surface area (Å²) in [5.41, 5.74) is 5.92. The van der Waals surface area contributed by atoms with Crippen LogP contribution in [0.4, 0.5) is 0 Å². The zero-order chi connectivity index (χ0) is 23.9. The first-order chi connectivity index (χ1) is 16.5. The lowest BCUT2D eigenvalue weighted by Gasteiger charge is -2.29. The van der Waals surface area contributed by atoms with Gasteiger partial charge in [-0.1, -0.05) is 54.8 Å². The van der Waals surface area contributed by atoms with E-state index in [9.17, 15) is 19.8 Å². The molecule has 1 aliphatic heterocycles. The van der Waals surface area contributed by atoms with Gasteiger partial charge in [0.15, 0.2) is 0 Å². The highest BCUT2D eigenvalue weighted by Gasteiger charge is 2.27. The average molecular weight is 460 g/mol. The third kappa shape index (κ3) is 5.96. The van der Waals surface area contributed by atoms with Crippen LogP contribution in [0.15, 0.2) is 60.2 Å². The second-order valence-corrected chi connectivity index (χ2v) is 9.36. The Bertz CT molecular complexity index is 1060. The molecule has 178 valence electrons. The topological polar surface area (TPSA) is 77.8 Å². The van der Waals surface area contributed by atoms with E-state index in [1.807, 2.05) is 24.3 Å². The fraction of sp³-hybridized carbons (Fsp3) is 0.379. The van der Waals surface area contributed by atoms with Gasteiger partial charge in [0.2, 0.25) is 5.91 Å². The number of likely N-dealkylation sites (tertiary alicyclic amines) is 1. The van der Waals surface area contributed by atoms with Crippen molar-refractivity contribution in [2.75, 3.05) is 13.1 Å². The summed E-state index contributed by atoms with van der Waals surface area (Å²) in [6.45, 7) is 0.885. The van der Waals surface area contributed by atoms with Crippen molar-refractivity contribution in [3.05, 3.63) is 76.9 Å². The number of carbonyl (C=O) groups is 2. The minimum atomic E-state index is -0.829. The van der Waals surface area contributed by atoms with E-state index < -0.39 is 11.9 Å². The minimum absolute atomic E-state index is 0.139. The highest BCUT2D eigenvalue weighted by Crippen LogP contribution is 2.35. The number of aromatic hydroxyl groups is 1. The fourth-order valence-corrected chi connectivity index (χ4v) is 5.02. The Morgan fingerprint density at radius 3 is 2.09 bits per heavy atom. The van der Waals surface area contributed by atoms with Crippen LogP contribution >= 0.6 is 0 Å². The van der Waals surface area contributed by atoms with Crippen LogP contribution < -0.4 is 0 Å². The maximum absolute atomic E-state index is 12.6. The highest BCUT2D eigenvalue weighted by atomic mass is 16.4. The van der Waals surface area contributed by atoms with Gasteiger partial charge >= 0.3 is 5.97 Å². The van der Waals surface area contributed by atoms with Crippen molar-refractivity contribution >= 4 is 23.5 Å². The molecule has 0 bridgehead atoms. The van der Waals surface area contributed by atoms with Gasteiger partial charge in [-0.05, 0) is 79.0 Å². The van der Waals surface area contributed by atoms with E-state index in [2.05, 4.69) is 12.1 Å². The van der Waals surface area contributed by atoms with E-state index in [-0.39, 0.29) is 18.2 Å². The summed E-state index contributed by atoms with van der Waals surface area (Å²) in [4.78, 5) is 25.5. The SMILES string of the molecule is O=C(O)C1CCCN(C(=O)C=Cc2ccc(C(=C3CCCCCC3)c3ccc(O)cc3)cc2)C1. The number of rotatable bonds is 5. The standard InChI is InChI=1S/C29H33NO4/c31-26-16-14-24(15-17-26)28(22-6-3-1-2-4-7-22)23-12-9-21(10-13-23)11-18-27(32)30-19-5-8-25(20-30)29(33)34/h9-18,25,31H,1-8,19-20H2,(H,33,34). The smallest absolute Gasteiger partial charge is 0.308 e. The van der Waals surface area contributed by atoms with Crippen LogP contribution in [0.2, 0.25) is 0 Å². The maximum Gasteiger partial charge on any atom is 0.308 e. The van der Waals surface area contributed by atoms with Crippen molar-refractivity contribution in [1.82, 2.24) is 4.90 Å². The predicted octanol–water partition coefficient (Wildman–Crippen LogP) is 5.88. The van der Waals surface area contributed by atoms with E-state index in [0.29, 0.717) is 13.0 Å². The largest absolute Gasteiger partial charge is 0.508 e. The lowest BCUT2D eigenvalue weighted by Crippen LogP contribution is -2.41. The molecule has 2 aromatic rings. The Balaban J connectivity index is 1.53. The molecule has 1 atom stereocenters. The van der Waals surface area contributed by atoms with E-state index in [0.717, 1.165) is 36.0 Å². The van der Waals surface area contributed by atoms with Gasteiger partial charge in [0, 0.05) is 19.2 Å². The molecule has 1 saturated carbocycles. The van der Waals surface area contributed by atoms with Crippen LogP contribution in [-0.4, -0.2) is 40.1 Å². The number of carboxylic acid groups (broad SMARTS) is 1. The Hall–Kier alpha value is -3.34. The third-order valence-electron chi connectivity index (χ3n) is 6.92. The van der Waals surface area contributed by atoms with Crippen LogP contribution in [0.1, 0.15) is 68.1 Å². The maximum atomic E-state index is 12.6. The summed E-state index contributed by atoms with van der Waals surface area (Å²) in [6, 6.07) is 15.7. The molecule has 0 aromatic heterocycles. The van der Waals surface area contributed by atoms with Gasteiger partial charge in [-0.2, -0.15) is 0 Å². The normalized spacial score (nSPS) is 19.1. The number of benzene rings is 2. The Morgan fingerprint density at radius 1 is 0.853 bits per heavy atom. The van der Waals surface area contributed by atoms with Gasteiger partial charge in [0.1, 0.15) is 5.75 Å². The molecule has 0 radical (unpaired) electrons. The fourth-order valence-electron chi connectivity index (χ4n) is 5.02. The van der Waals surface area contributed by atoms with Gasteiger partial charge < -0.3 is 15.1 Å². The number of carboxylic acids is 1. The van der Waals surface area contributed by atoms with Crippen LogP contribution in [-0.2, 0) is 9.59 Å². The molecule has 1 aliphatic carbocycles. The molecule has 2 N–H and O–H groups in total. The lowest BCUT2D eigenvalue weighted by molar-refractivity contribution is -0.144. The monoisotopic (exact) mass is 459 g/mol. The van der Waals surface area contributed by atoms with Crippen molar-refractivity contribution in [3.63, 3.8) is 0 Å². The van der Waals surface area contributed by atoms with E-state index in [1.165, 1.54) is 36.8 Å². The minimum Gasteiger partial charge on any atom is -0.508 e. The summed E-state index contributed by atoms with van der Waals surface area (Å²) < 4.78 is 0. The number of amides is 1. The molecule has 2 aliphatic rings. The molecule has 1 unspecified atom stereocenters. The number of hydrogen-bond acceptors (Lipinski definition) is 3. The van der Waals surface area contributed by atoms with Crippen molar-refractivity contribution in [2.45, 2.75) is 51.4 Å². The molecule has 2 fully saturated rings. The predicted molar refractivity (Wildman–Crippen MR) is 134 cm³/mol. The molecule has 4 rings (SSSR count). The summed E-state index contributed by atoms with van der Waals surface area (Å²) in [5, 5.41) is 19.0. The van der Waals surface area contributed by atoms with Crippen molar-refractivity contribution < 1.29 is 19.8 Å². The third-order valence-corrected chi connectivity index (χ3v) is 6.92. The van der Waals surface area contributed by atoms with Gasteiger partial charge in [0.05, 0.1) is 5.92 Å². The molecule has 1 heterocycles.